The Kier molecular flexibility index (Phi) is 6.49. The van der Waals surface area contributed by atoms with E-state index in [0.717, 1.165) is 55.7 Å². The minimum absolute atomic E-state index is 0.187. The van der Waals surface area contributed by atoms with E-state index >= 15 is 0 Å². The van der Waals surface area contributed by atoms with Crippen LogP contribution in [0.1, 0.15) is 28.4 Å². The summed E-state index contributed by atoms with van der Waals surface area (Å²) >= 11 is 0. The molecule has 2 heterocycles. The third kappa shape index (κ3) is 4.86. The molecule has 0 saturated carbocycles. The van der Waals surface area contributed by atoms with E-state index in [0.29, 0.717) is 12.1 Å². The fourth-order valence-electron chi connectivity index (χ4n) is 4.16. The maximum Gasteiger partial charge on any atom is 0.252 e. The van der Waals surface area contributed by atoms with Crippen LogP contribution < -0.4 is 10.9 Å². The highest BCUT2D eigenvalue weighted by molar-refractivity contribution is 6.06. The molecule has 1 saturated heterocycles. The van der Waals surface area contributed by atoms with E-state index in [1.54, 1.807) is 11.6 Å². The smallest absolute Gasteiger partial charge is 0.252 e. The Morgan fingerprint density at radius 2 is 1.58 bits per heavy atom. The summed E-state index contributed by atoms with van der Waals surface area (Å²) in [6.45, 7) is 9.22. The van der Waals surface area contributed by atoms with Gasteiger partial charge < -0.3 is 14.8 Å². The Balaban J connectivity index is 1.38. The quantitative estimate of drug-likeness (QED) is 0.669. The van der Waals surface area contributed by atoms with Crippen LogP contribution in [0.5, 0.6) is 0 Å². The molecule has 0 unspecified atom stereocenters. The molecule has 1 aliphatic rings. The monoisotopic (exact) mass is 418 g/mol. The van der Waals surface area contributed by atoms with E-state index in [2.05, 4.69) is 46.3 Å². The number of amides is 1. The molecule has 0 radical (unpaired) electrons. The second-order valence-corrected chi connectivity index (χ2v) is 8.18. The van der Waals surface area contributed by atoms with Crippen molar-refractivity contribution in [3.05, 3.63) is 81.6 Å². The highest BCUT2D eigenvalue weighted by Crippen LogP contribution is 2.16. The number of likely N-dealkylation sites (N-methyl/N-ethyl adjacent to an activating group) is 1. The molecule has 1 fully saturated rings. The van der Waals surface area contributed by atoms with Gasteiger partial charge in [0.25, 0.3) is 11.5 Å². The first kappa shape index (κ1) is 21.3. The van der Waals surface area contributed by atoms with Gasteiger partial charge in [-0.15, -0.1) is 0 Å². The molecule has 0 spiro atoms. The molecule has 1 aliphatic heterocycles. The molecular formula is C25H30N4O2. The summed E-state index contributed by atoms with van der Waals surface area (Å²) in [5, 5.41) is 3.74. The van der Waals surface area contributed by atoms with Crippen LogP contribution in [0, 0.1) is 0 Å². The fraction of sp³-hybridized carbons (Fsp3) is 0.360. The Morgan fingerprint density at radius 3 is 2.29 bits per heavy atom. The number of rotatable bonds is 6. The van der Waals surface area contributed by atoms with Crippen LogP contribution in [0.4, 0.5) is 0 Å². The van der Waals surface area contributed by atoms with E-state index in [-0.39, 0.29) is 11.5 Å². The van der Waals surface area contributed by atoms with Crippen molar-refractivity contribution in [3.63, 3.8) is 0 Å². The van der Waals surface area contributed by atoms with Crippen LogP contribution in [-0.4, -0.2) is 53.0 Å². The first-order valence-electron chi connectivity index (χ1n) is 10.9. The maximum atomic E-state index is 12.8. The third-order valence-corrected chi connectivity index (χ3v) is 6.19. The van der Waals surface area contributed by atoms with Crippen LogP contribution in [-0.2, 0) is 20.1 Å². The molecule has 2 aromatic carbocycles. The van der Waals surface area contributed by atoms with Crippen molar-refractivity contribution in [3.8, 4) is 0 Å². The van der Waals surface area contributed by atoms with Gasteiger partial charge in [0.15, 0.2) is 0 Å². The minimum Gasteiger partial charge on any atom is -0.348 e. The van der Waals surface area contributed by atoms with Crippen LogP contribution in [0.2, 0.25) is 0 Å². The summed E-state index contributed by atoms with van der Waals surface area (Å²) in [6, 6.07) is 17.3. The first-order chi connectivity index (χ1) is 15.0. The average molecular weight is 419 g/mol. The molecular weight excluding hydrogens is 388 g/mol. The van der Waals surface area contributed by atoms with Crippen molar-refractivity contribution in [1.82, 2.24) is 19.7 Å². The second-order valence-electron chi connectivity index (χ2n) is 8.18. The van der Waals surface area contributed by atoms with E-state index in [1.165, 1.54) is 11.6 Å². The number of hydrogen-bond acceptors (Lipinski definition) is 4. The lowest BCUT2D eigenvalue weighted by Gasteiger charge is -2.34. The minimum atomic E-state index is -0.230. The topological polar surface area (TPSA) is 57.6 Å². The normalized spacial score (nSPS) is 15.3. The van der Waals surface area contributed by atoms with Crippen LogP contribution in [0.15, 0.2) is 59.4 Å². The van der Waals surface area contributed by atoms with E-state index in [1.807, 2.05) is 24.3 Å². The third-order valence-electron chi connectivity index (χ3n) is 6.19. The lowest BCUT2D eigenvalue weighted by molar-refractivity contribution is 0.0952. The predicted molar refractivity (Wildman–Crippen MR) is 124 cm³/mol. The summed E-state index contributed by atoms with van der Waals surface area (Å²) in [5.74, 6) is -0.230. The Morgan fingerprint density at radius 1 is 0.935 bits per heavy atom. The van der Waals surface area contributed by atoms with Gasteiger partial charge in [-0.3, -0.25) is 14.5 Å². The predicted octanol–water partition coefficient (Wildman–Crippen LogP) is 2.61. The molecule has 1 amide bonds. The lowest BCUT2D eigenvalue weighted by atomic mass is 10.1. The highest BCUT2D eigenvalue weighted by Gasteiger charge is 2.16. The molecule has 1 N–H and O–H groups in total. The summed E-state index contributed by atoms with van der Waals surface area (Å²) in [7, 11) is 1.72. The largest absolute Gasteiger partial charge is 0.348 e. The SMILES string of the molecule is CCN1CCN(Cc2ccc(CNC(=O)c3cc(=O)n(C)c4ccccc34)cc2)CC1. The van der Waals surface area contributed by atoms with Crippen LogP contribution in [0.3, 0.4) is 0 Å². The van der Waals surface area contributed by atoms with Gasteiger partial charge in [-0.25, -0.2) is 0 Å². The molecule has 4 rings (SSSR count). The van der Waals surface area contributed by atoms with Gasteiger partial charge in [0.2, 0.25) is 0 Å². The number of carbonyl (C=O) groups excluding carboxylic acids is 1. The number of hydrogen-bond donors (Lipinski definition) is 1. The Bertz CT molecular complexity index is 1110. The van der Waals surface area contributed by atoms with E-state index in [4.69, 9.17) is 0 Å². The van der Waals surface area contributed by atoms with Crippen molar-refractivity contribution in [2.75, 3.05) is 32.7 Å². The van der Waals surface area contributed by atoms with Crippen molar-refractivity contribution < 1.29 is 4.79 Å². The van der Waals surface area contributed by atoms with Gasteiger partial charge in [0.1, 0.15) is 0 Å². The van der Waals surface area contributed by atoms with Crippen molar-refractivity contribution in [1.29, 1.82) is 0 Å². The van der Waals surface area contributed by atoms with Crippen molar-refractivity contribution >= 4 is 16.8 Å². The number of benzene rings is 2. The molecule has 6 nitrogen and oxygen atoms in total. The summed E-state index contributed by atoms with van der Waals surface area (Å²) < 4.78 is 1.56. The van der Waals surface area contributed by atoms with E-state index < -0.39 is 0 Å². The standard InChI is InChI=1S/C25H30N4O2/c1-3-28-12-14-29(15-13-28)18-20-10-8-19(9-11-20)17-26-25(31)22-16-24(30)27(2)23-7-5-4-6-21(22)23/h4-11,16H,3,12-15,17-18H2,1-2H3,(H,26,31). The lowest BCUT2D eigenvalue weighted by Crippen LogP contribution is -2.45. The number of nitrogens with one attached hydrogen (secondary N) is 1. The van der Waals surface area contributed by atoms with Gasteiger partial charge in [0, 0.05) is 57.8 Å². The molecule has 6 heteroatoms. The average Bonchev–Trinajstić information content (AvgIpc) is 2.81. The highest BCUT2D eigenvalue weighted by atomic mass is 16.2. The van der Waals surface area contributed by atoms with Gasteiger partial charge in [-0.1, -0.05) is 49.4 Å². The van der Waals surface area contributed by atoms with Crippen LogP contribution in [0.25, 0.3) is 10.9 Å². The van der Waals surface area contributed by atoms with Crippen molar-refractivity contribution in [2.45, 2.75) is 20.0 Å². The van der Waals surface area contributed by atoms with Crippen molar-refractivity contribution in [2.24, 2.45) is 7.05 Å². The number of piperazine rings is 1. The Labute approximate surface area is 183 Å². The zero-order valence-electron chi connectivity index (χ0n) is 18.3. The molecule has 31 heavy (non-hydrogen) atoms. The van der Waals surface area contributed by atoms with Gasteiger partial charge >= 0.3 is 0 Å². The molecule has 1 aromatic heterocycles. The number of para-hydroxylation sites is 1. The molecule has 0 aliphatic carbocycles. The van der Waals surface area contributed by atoms with Gasteiger partial charge in [-0.05, 0) is 23.7 Å². The number of pyridine rings is 1. The Hall–Kier alpha value is -2.96. The second kappa shape index (κ2) is 9.45. The molecule has 0 bridgehead atoms. The molecule has 3 aromatic rings. The summed E-state index contributed by atoms with van der Waals surface area (Å²) in [5.41, 5.74) is 3.32. The number of nitrogens with zero attached hydrogens (tertiary/aromatic N) is 3. The molecule has 0 atom stereocenters. The van der Waals surface area contributed by atoms with Crippen LogP contribution >= 0.6 is 0 Å². The fourth-order valence-corrected chi connectivity index (χ4v) is 4.16. The van der Waals surface area contributed by atoms with E-state index in [9.17, 15) is 9.59 Å². The number of carbonyl (C=O) groups is 1. The zero-order chi connectivity index (χ0) is 21.8. The van der Waals surface area contributed by atoms with Gasteiger partial charge in [0.05, 0.1) is 11.1 Å². The molecule has 162 valence electrons. The first-order valence-corrected chi connectivity index (χ1v) is 10.9. The zero-order valence-corrected chi connectivity index (χ0v) is 18.3. The number of aryl methyl sites for hydroxylation is 1. The number of fused-ring (bicyclic) bond motifs is 1. The van der Waals surface area contributed by atoms with Gasteiger partial charge in [-0.2, -0.15) is 0 Å². The summed E-state index contributed by atoms with van der Waals surface area (Å²) in [6.07, 6.45) is 0. The summed E-state index contributed by atoms with van der Waals surface area (Å²) in [4.78, 5) is 30.0. The maximum absolute atomic E-state index is 12.8. The number of aromatic nitrogens is 1.